The second kappa shape index (κ2) is 5.16. The third kappa shape index (κ3) is 2.38. The SMILES string of the molecule is COc1ccc(NC(=O)c2cnn3ccccc23)cc1N. The number of hydrogen-bond donors (Lipinski definition) is 2. The monoisotopic (exact) mass is 282 g/mol. The molecule has 0 aliphatic rings. The lowest BCUT2D eigenvalue weighted by molar-refractivity contribution is 0.102. The van der Waals surface area contributed by atoms with Crippen LogP contribution >= 0.6 is 0 Å². The van der Waals surface area contributed by atoms with Crippen molar-refractivity contribution in [1.82, 2.24) is 9.61 Å². The largest absolute Gasteiger partial charge is 0.495 e. The molecular weight excluding hydrogens is 268 g/mol. The fraction of sp³-hybridized carbons (Fsp3) is 0.0667. The van der Waals surface area contributed by atoms with Gasteiger partial charge >= 0.3 is 0 Å². The summed E-state index contributed by atoms with van der Waals surface area (Å²) in [6.45, 7) is 0. The first kappa shape index (κ1) is 13.0. The van der Waals surface area contributed by atoms with Crippen LogP contribution in [0, 0.1) is 0 Å². The van der Waals surface area contributed by atoms with Crippen LogP contribution in [0.4, 0.5) is 11.4 Å². The fourth-order valence-corrected chi connectivity index (χ4v) is 2.12. The van der Waals surface area contributed by atoms with Gasteiger partial charge in [-0.05, 0) is 30.3 Å². The van der Waals surface area contributed by atoms with Crippen LogP contribution in [0.15, 0.2) is 48.8 Å². The molecule has 0 radical (unpaired) electrons. The van der Waals surface area contributed by atoms with Gasteiger partial charge in [0.15, 0.2) is 0 Å². The summed E-state index contributed by atoms with van der Waals surface area (Å²) in [6, 6.07) is 10.7. The molecule has 6 nitrogen and oxygen atoms in total. The number of amides is 1. The lowest BCUT2D eigenvalue weighted by Crippen LogP contribution is -2.11. The third-order valence-electron chi connectivity index (χ3n) is 3.16. The van der Waals surface area contributed by atoms with Gasteiger partial charge in [-0.2, -0.15) is 5.10 Å². The molecule has 106 valence electrons. The average molecular weight is 282 g/mol. The predicted molar refractivity (Wildman–Crippen MR) is 80.6 cm³/mol. The number of hydrogen-bond acceptors (Lipinski definition) is 4. The van der Waals surface area contributed by atoms with E-state index in [-0.39, 0.29) is 5.91 Å². The van der Waals surface area contributed by atoms with Crippen molar-refractivity contribution in [3.05, 3.63) is 54.4 Å². The Bertz CT molecular complexity index is 810. The van der Waals surface area contributed by atoms with Gasteiger partial charge in [-0.1, -0.05) is 6.07 Å². The second-order valence-electron chi connectivity index (χ2n) is 4.50. The van der Waals surface area contributed by atoms with Gasteiger partial charge in [-0.25, -0.2) is 4.52 Å². The summed E-state index contributed by atoms with van der Waals surface area (Å²) in [5.74, 6) is 0.338. The smallest absolute Gasteiger partial charge is 0.259 e. The van der Waals surface area contributed by atoms with E-state index in [9.17, 15) is 4.79 Å². The van der Waals surface area contributed by atoms with Crippen molar-refractivity contribution in [1.29, 1.82) is 0 Å². The first-order chi connectivity index (χ1) is 10.2. The molecule has 0 saturated heterocycles. The molecule has 0 aliphatic heterocycles. The van der Waals surface area contributed by atoms with Crippen LogP contribution < -0.4 is 15.8 Å². The van der Waals surface area contributed by atoms with E-state index < -0.39 is 0 Å². The Morgan fingerprint density at radius 2 is 2.19 bits per heavy atom. The number of nitrogen functional groups attached to an aromatic ring is 1. The van der Waals surface area contributed by atoms with Gasteiger partial charge < -0.3 is 15.8 Å². The van der Waals surface area contributed by atoms with Gasteiger partial charge in [0.05, 0.1) is 30.1 Å². The van der Waals surface area contributed by atoms with Crippen molar-refractivity contribution in [2.24, 2.45) is 0 Å². The summed E-state index contributed by atoms with van der Waals surface area (Å²) in [5, 5.41) is 6.94. The zero-order valence-corrected chi connectivity index (χ0v) is 11.4. The van der Waals surface area contributed by atoms with Crippen molar-refractivity contribution in [3.8, 4) is 5.75 Å². The highest BCUT2D eigenvalue weighted by molar-refractivity contribution is 6.08. The van der Waals surface area contributed by atoms with E-state index in [2.05, 4.69) is 10.4 Å². The van der Waals surface area contributed by atoms with E-state index in [0.717, 1.165) is 5.52 Å². The summed E-state index contributed by atoms with van der Waals surface area (Å²) in [6.07, 6.45) is 3.33. The Morgan fingerprint density at radius 3 is 2.95 bits per heavy atom. The number of aromatic nitrogens is 2. The highest BCUT2D eigenvalue weighted by Gasteiger charge is 2.13. The molecule has 6 heteroatoms. The zero-order valence-electron chi connectivity index (χ0n) is 11.4. The summed E-state index contributed by atoms with van der Waals surface area (Å²) < 4.78 is 6.73. The number of rotatable bonds is 3. The Hall–Kier alpha value is -3.02. The molecule has 0 unspecified atom stereocenters. The predicted octanol–water partition coefficient (Wildman–Crippen LogP) is 2.18. The van der Waals surface area contributed by atoms with E-state index in [4.69, 9.17) is 10.5 Å². The number of nitrogens with zero attached hydrogens (tertiary/aromatic N) is 2. The number of carbonyl (C=O) groups excluding carboxylic acids is 1. The Labute approximate surface area is 121 Å². The molecule has 3 aromatic rings. The maximum absolute atomic E-state index is 12.3. The second-order valence-corrected chi connectivity index (χ2v) is 4.50. The van der Waals surface area contributed by atoms with Gasteiger partial charge in [-0.3, -0.25) is 4.79 Å². The lowest BCUT2D eigenvalue weighted by Gasteiger charge is -2.08. The maximum atomic E-state index is 12.3. The van der Waals surface area contributed by atoms with Crippen LogP contribution in [0.5, 0.6) is 5.75 Å². The molecule has 0 bridgehead atoms. The normalized spacial score (nSPS) is 10.5. The first-order valence-corrected chi connectivity index (χ1v) is 6.36. The van der Waals surface area contributed by atoms with Crippen molar-refractivity contribution in [2.45, 2.75) is 0 Å². The first-order valence-electron chi connectivity index (χ1n) is 6.36. The van der Waals surface area contributed by atoms with E-state index in [1.54, 1.807) is 36.0 Å². The van der Waals surface area contributed by atoms with Crippen molar-refractivity contribution in [2.75, 3.05) is 18.2 Å². The number of carbonyl (C=O) groups is 1. The molecule has 21 heavy (non-hydrogen) atoms. The molecule has 3 N–H and O–H groups in total. The number of ether oxygens (including phenoxy) is 1. The number of fused-ring (bicyclic) bond motifs is 1. The Morgan fingerprint density at radius 1 is 1.33 bits per heavy atom. The van der Waals surface area contributed by atoms with Crippen molar-refractivity contribution in [3.63, 3.8) is 0 Å². The number of pyridine rings is 1. The Balaban J connectivity index is 1.88. The zero-order chi connectivity index (χ0) is 14.8. The number of benzene rings is 1. The molecular formula is C15H14N4O2. The fourth-order valence-electron chi connectivity index (χ4n) is 2.12. The van der Waals surface area contributed by atoms with Gasteiger partial charge in [0.25, 0.3) is 5.91 Å². The van der Waals surface area contributed by atoms with Gasteiger partial charge in [-0.15, -0.1) is 0 Å². The van der Waals surface area contributed by atoms with Crippen LogP contribution in [0.3, 0.4) is 0 Å². The summed E-state index contributed by atoms with van der Waals surface area (Å²) in [4.78, 5) is 12.3. The average Bonchev–Trinajstić information content (AvgIpc) is 2.91. The molecule has 0 fully saturated rings. The Kier molecular flexibility index (Phi) is 3.19. The quantitative estimate of drug-likeness (QED) is 0.721. The third-order valence-corrected chi connectivity index (χ3v) is 3.16. The van der Waals surface area contributed by atoms with Gasteiger partial charge in [0, 0.05) is 11.9 Å². The van der Waals surface area contributed by atoms with Crippen LogP contribution in [0.2, 0.25) is 0 Å². The van der Waals surface area contributed by atoms with E-state index in [1.807, 2.05) is 18.2 Å². The number of methoxy groups -OCH3 is 1. The van der Waals surface area contributed by atoms with E-state index >= 15 is 0 Å². The maximum Gasteiger partial charge on any atom is 0.259 e. The van der Waals surface area contributed by atoms with E-state index in [1.165, 1.54) is 6.20 Å². The topological polar surface area (TPSA) is 81.6 Å². The van der Waals surface area contributed by atoms with Crippen molar-refractivity contribution < 1.29 is 9.53 Å². The minimum absolute atomic E-state index is 0.235. The molecule has 1 aromatic carbocycles. The molecule has 0 spiro atoms. The van der Waals surface area contributed by atoms with Gasteiger partial charge in [0.2, 0.25) is 0 Å². The molecule has 0 saturated carbocycles. The summed E-state index contributed by atoms with van der Waals surface area (Å²) >= 11 is 0. The van der Waals surface area contributed by atoms with Crippen LogP contribution in [0.25, 0.3) is 5.52 Å². The molecule has 1 amide bonds. The standard InChI is InChI=1S/C15H14N4O2/c1-21-14-6-5-10(8-12(14)16)18-15(20)11-9-17-19-7-3-2-4-13(11)19/h2-9H,16H2,1H3,(H,18,20). The molecule has 2 heterocycles. The van der Waals surface area contributed by atoms with Crippen LogP contribution in [-0.2, 0) is 0 Å². The number of nitrogens with two attached hydrogens (primary N) is 1. The van der Waals surface area contributed by atoms with E-state index in [0.29, 0.717) is 22.7 Å². The number of nitrogens with one attached hydrogen (secondary N) is 1. The minimum atomic E-state index is -0.235. The van der Waals surface area contributed by atoms with Crippen LogP contribution in [-0.4, -0.2) is 22.6 Å². The van der Waals surface area contributed by atoms with Gasteiger partial charge in [0.1, 0.15) is 5.75 Å². The number of anilines is 2. The van der Waals surface area contributed by atoms with Crippen LogP contribution in [0.1, 0.15) is 10.4 Å². The molecule has 2 aromatic heterocycles. The van der Waals surface area contributed by atoms with Crippen molar-refractivity contribution >= 4 is 22.8 Å². The highest BCUT2D eigenvalue weighted by atomic mass is 16.5. The highest BCUT2D eigenvalue weighted by Crippen LogP contribution is 2.25. The summed E-state index contributed by atoms with van der Waals surface area (Å²) in [7, 11) is 1.54. The lowest BCUT2D eigenvalue weighted by atomic mass is 10.2. The molecule has 0 atom stereocenters. The molecule has 0 aliphatic carbocycles. The molecule has 3 rings (SSSR count). The minimum Gasteiger partial charge on any atom is -0.495 e. The summed E-state index contributed by atoms with van der Waals surface area (Å²) in [5.41, 5.74) is 8.15.